The highest BCUT2D eigenvalue weighted by atomic mass is 16.5. The molecule has 2 aromatic rings. The van der Waals surface area contributed by atoms with Gasteiger partial charge in [-0.15, -0.1) is 0 Å². The number of ether oxygens (including phenoxy) is 1. The molecule has 16 heavy (non-hydrogen) atoms. The molecule has 82 valence electrons. The van der Waals surface area contributed by atoms with E-state index in [4.69, 9.17) is 4.74 Å². The largest absolute Gasteiger partial charge is 0.460 e. The Kier molecular flexibility index (Phi) is 2.95. The minimum atomic E-state index is -0.447. The van der Waals surface area contributed by atoms with E-state index >= 15 is 0 Å². The van der Waals surface area contributed by atoms with E-state index in [0.717, 1.165) is 11.3 Å². The standard InChI is InChI=1S/C11H11N3O2/c1-2-16-11(15)10-13-7-9(14-10)8-4-3-5-12-6-8/h3-7H,2H2,1H3,(H,13,14). The Morgan fingerprint density at radius 2 is 2.38 bits per heavy atom. The molecule has 0 amide bonds. The molecule has 2 aromatic heterocycles. The summed E-state index contributed by atoms with van der Waals surface area (Å²) in [6.45, 7) is 2.09. The molecule has 0 bridgehead atoms. The molecule has 0 radical (unpaired) electrons. The van der Waals surface area contributed by atoms with Gasteiger partial charge in [0.1, 0.15) is 0 Å². The molecular formula is C11H11N3O2. The number of H-pyrrole nitrogens is 1. The van der Waals surface area contributed by atoms with Crippen LogP contribution in [0.25, 0.3) is 11.3 Å². The maximum absolute atomic E-state index is 11.4. The monoisotopic (exact) mass is 217 g/mol. The number of aromatic nitrogens is 3. The zero-order chi connectivity index (χ0) is 11.4. The molecule has 0 fully saturated rings. The lowest BCUT2D eigenvalue weighted by molar-refractivity contribution is 0.0513. The minimum absolute atomic E-state index is 0.209. The zero-order valence-electron chi connectivity index (χ0n) is 8.80. The molecule has 2 heterocycles. The number of nitrogens with one attached hydrogen (secondary N) is 1. The molecule has 0 aliphatic carbocycles. The lowest BCUT2D eigenvalue weighted by Crippen LogP contribution is -2.06. The van der Waals surface area contributed by atoms with E-state index in [1.165, 1.54) is 0 Å². The van der Waals surface area contributed by atoms with Gasteiger partial charge in [-0.1, -0.05) is 0 Å². The van der Waals surface area contributed by atoms with Gasteiger partial charge >= 0.3 is 5.97 Å². The number of aromatic amines is 1. The molecule has 0 aliphatic rings. The van der Waals surface area contributed by atoms with E-state index in [1.807, 2.05) is 12.1 Å². The van der Waals surface area contributed by atoms with Crippen molar-refractivity contribution in [2.24, 2.45) is 0 Å². The number of rotatable bonds is 3. The van der Waals surface area contributed by atoms with Crippen LogP contribution >= 0.6 is 0 Å². The van der Waals surface area contributed by atoms with Crippen molar-refractivity contribution < 1.29 is 9.53 Å². The van der Waals surface area contributed by atoms with Crippen molar-refractivity contribution in [1.82, 2.24) is 15.0 Å². The number of pyridine rings is 1. The Morgan fingerprint density at radius 1 is 1.50 bits per heavy atom. The number of carbonyl (C=O) groups excluding carboxylic acids is 1. The van der Waals surface area contributed by atoms with Crippen molar-refractivity contribution in [2.45, 2.75) is 6.92 Å². The number of imidazole rings is 1. The van der Waals surface area contributed by atoms with E-state index in [1.54, 1.807) is 25.5 Å². The third-order valence-corrected chi connectivity index (χ3v) is 2.02. The highest BCUT2D eigenvalue weighted by molar-refractivity contribution is 5.86. The smallest absolute Gasteiger partial charge is 0.374 e. The second-order valence-electron chi connectivity index (χ2n) is 3.11. The van der Waals surface area contributed by atoms with Crippen LogP contribution in [-0.2, 0) is 4.74 Å². The van der Waals surface area contributed by atoms with Crippen molar-refractivity contribution in [3.8, 4) is 11.3 Å². The van der Waals surface area contributed by atoms with Gasteiger partial charge < -0.3 is 9.72 Å². The summed E-state index contributed by atoms with van der Waals surface area (Å²) in [5.41, 5.74) is 1.63. The Hall–Kier alpha value is -2.17. The lowest BCUT2D eigenvalue weighted by Gasteiger charge is -1.97. The van der Waals surface area contributed by atoms with Crippen molar-refractivity contribution in [3.05, 3.63) is 36.5 Å². The Labute approximate surface area is 92.5 Å². The maximum Gasteiger partial charge on any atom is 0.374 e. The van der Waals surface area contributed by atoms with Gasteiger partial charge in [0.2, 0.25) is 5.82 Å². The topological polar surface area (TPSA) is 67.9 Å². The molecule has 0 atom stereocenters. The first-order chi connectivity index (χ1) is 7.81. The van der Waals surface area contributed by atoms with Gasteiger partial charge in [-0.3, -0.25) is 4.98 Å². The van der Waals surface area contributed by atoms with Crippen LogP contribution in [0.15, 0.2) is 30.7 Å². The molecule has 0 aliphatic heterocycles. The van der Waals surface area contributed by atoms with Crippen molar-refractivity contribution >= 4 is 5.97 Å². The van der Waals surface area contributed by atoms with Crippen molar-refractivity contribution in [1.29, 1.82) is 0 Å². The SMILES string of the molecule is CCOC(=O)c1ncc(-c2cccnc2)[nH]1. The molecule has 1 N–H and O–H groups in total. The molecule has 5 heteroatoms. The first-order valence-electron chi connectivity index (χ1n) is 4.93. The zero-order valence-corrected chi connectivity index (χ0v) is 8.80. The van der Waals surface area contributed by atoms with Crippen LogP contribution in [0.3, 0.4) is 0 Å². The quantitative estimate of drug-likeness (QED) is 0.794. The number of nitrogens with zero attached hydrogens (tertiary/aromatic N) is 2. The Balaban J connectivity index is 2.23. The highest BCUT2D eigenvalue weighted by Gasteiger charge is 2.11. The van der Waals surface area contributed by atoms with Gasteiger partial charge in [0.15, 0.2) is 0 Å². The second kappa shape index (κ2) is 4.57. The van der Waals surface area contributed by atoms with Crippen LogP contribution in [0, 0.1) is 0 Å². The Morgan fingerprint density at radius 3 is 3.06 bits per heavy atom. The second-order valence-corrected chi connectivity index (χ2v) is 3.11. The van der Waals surface area contributed by atoms with Crippen LogP contribution in [0.4, 0.5) is 0 Å². The average Bonchev–Trinajstić information content (AvgIpc) is 2.80. The molecule has 2 rings (SSSR count). The third-order valence-electron chi connectivity index (χ3n) is 2.02. The van der Waals surface area contributed by atoms with E-state index in [2.05, 4.69) is 15.0 Å². The van der Waals surface area contributed by atoms with Gasteiger partial charge in [0.25, 0.3) is 0 Å². The van der Waals surface area contributed by atoms with Crippen molar-refractivity contribution in [2.75, 3.05) is 6.61 Å². The minimum Gasteiger partial charge on any atom is -0.460 e. The Bertz CT molecular complexity index is 479. The molecule has 0 unspecified atom stereocenters. The third kappa shape index (κ3) is 2.08. The number of hydrogen-bond donors (Lipinski definition) is 1. The molecule has 0 saturated carbocycles. The summed E-state index contributed by atoms with van der Waals surface area (Å²) in [5.74, 6) is -0.238. The normalized spacial score (nSPS) is 10.1. The van der Waals surface area contributed by atoms with Crippen LogP contribution in [0.5, 0.6) is 0 Å². The predicted molar refractivity (Wildman–Crippen MR) is 57.8 cm³/mol. The molecule has 0 saturated heterocycles. The number of esters is 1. The first kappa shape index (κ1) is 10.4. The summed E-state index contributed by atoms with van der Waals surface area (Å²) in [6.07, 6.45) is 4.97. The fourth-order valence-electron chi connectivity index (χ4n) is 1.29. The molecule has 5 nitrogen and oxygen atoms in total. The maximum atomic E-state index is 11.4. The van der Waals surface area contributed by atoms with E-state index < -0.39 is 5.97 Å². The summed E-state index contributed by atoms with van der Waals surface area (Å²) >= 11 is 0. The fourth-order valence-corrected chi connectivity index (χ4v) is 1.29. The fraction of sp³-hybridized carbons (Fsp3) is 0.182. The first-order valence-corrected chi connectivity index (χ1v) is 4.93. The molecular weight excluding hydrogens is 206 g/mol. The molecule has 0 spiro atoms. The van der Waals surface area contributed by atoms with Gasteiger partial charge in [0.05, 0.1) is 18.5 Å². The van der Waals surface area contributed by atoms with Gasteiger partial charge in [-0.25, -0.2) is 9.78 Å². The molecule has 0 aromatic carbocycles. The lowest BCUT2D eigenvalue weighted by atomic mass is 10.2. The van der Waals surface area contributed by atoms with Crippen LogP contribution in [0.2, 0.25) is 0 Å². The van der Waals surface area contributed by atoms with Crippen molar-refractivity contribution in [3.63, 3.8) is 0 Å². The van der Waals surface area contributed by atoms with Gasteiger partial charge in [0, 0.05) is 18.0 Å². The van der Waals surface area contributed by atoms with Crippen LogP contribution in [0.1, 0.15) is 17.5 Å². The summed E-state index contributed by atoms with van der Waals surface area (Å²) < 4.78 is 4.83. The van der Waals surface area contributed by atoms with Crippen LogP contribution in [-0.4, -0.2) is 27.5 Å². The van der Waals surface area contributed by atoms with E-state index in [-0.39, 0.29) is 5.82 Å². The van der Waals surface area contributed by atoms with E-state index in [9.17, 15) is 4.79 Å². The summed E-state index contributed by atoms with van der Waals surface area (Å²) in [4.78, 5) is 22.2. The number of carbonyl (C=O) groups is 1. The summed E-state index contributed by atoms with van der Waals surface area (Å²) in [5, 5.41) is 0. The van der Waals surface area contributed by atoms with Gasteiger partial charge in [-0.05, 0) is 19.1 Å². The number of hydrogen-bond acceptors (Lipinski definition) is 4. The van der Waals surface area contributed by atoms with Crippen LogP contribution < -0.4 is 0 Å². The summed E-state index contributed by atoms with van der Waals surface area (Å²) in [6, 6.07) is 3.70. The highest BCUT2D eigenvalue weighted by Crippen LogP contribution is 2.15. The van der Waals surface area contributed by atoms with Gasteiger partial charge in [-0.2, -0.15) is 0 Å². The average molecular weight is 217 g/mol. The predicted octanol–water partition coefficient (Wildman–Crippen LogP) is 1.65. The van der Waals surface area contributed by atoms with E-state index in [0.29, 0.717) is 6.61 Å². The summed E-state index contributed by atoms with van der Waals surface area (Å²) in [7, 11) is 0.